The molecule has 1 rings (SSSR count). The minimum atomic E-state index is 0. The van der Waals surface area contributed by atoms with Crippen LogP contribution in [0, 0.1) is 5.92 Å². The van der Waals surface area contributed by atoms with Gasteiger partial charge in [-0.3, -0.25) is 4.99 Å². The first kappa shape index (κ1) is 21.3. The number of nitrogens with zero attached hydrogens (tertiary/aromatic N) is 1. The van der Waals surface area contributed by atoms with Crippen molar-refractivity contribution in [3.63, 3.8) is 0 Å². The molecule has 0 spiro atoms. The summed E-state index contributed by atoms with van der Waals surface area (Å²) in [4.78, 5) is 4.54. The molecule has 126 valence electrons. The Bertz CT molecular complexity index is 265. The van der Waals surface area contributed by atoms with Crippen molar-refractivity contribution in [3.8, 4) is 0 Å². The summed E-state index contributed by atoms with van der Waals surface area (Å²) >= 11 is 1.83. The zero-order valence-corrected chi connectivity index (χ0v) is 16.4. The van der Waals surface area contributed by atoms with Gasteiger partial charge in [-0.1, -0.05) is 0 Å². The molecule has 0 aliphatic carbocycles. The average Bonchev–Trinajstić information content (AvgIpc) is 2.96. The van der Waals surface area contributed by atoms with E-state index < -0.39 is 0 Å². The molecule has 1 saturated heterocycles. The highest BCUT2D eigenvalue weighted by Crippen LogP contribution is 2.12. The van der Waals surface area contributed by atoms with Gasteiger partial charge < -0.3 is 20.1 Å². The lowest BCUT2D eigenvalue weighted by Crippen LogP contribution is -2.38. The highest BCUT2D eigenvalue weighted by atomic mass is 127. The number of guanidine groups is 1. The maximum absolute atomic E-state index is 5.66. The van der Waals surface area contributed by atoms with Crippen LogP contribution in [-0.4, -0.2) is 64.0 Å². The lowest BCUT2D eigenvalue weighted by atomic mass is 10.1. The van der Waals surface area contributed by atoms with Gasteiger partial charge in [-0.05, 0) is 26.0 Å². The van der Waals surface area contributed by atoms with Crippen LogP contribution < -0.4 is 10.6 Å². The molecule has 0 aromatic carbocycles. The Morgan fingerprint density at radius 1 is 1.43 bits per heavy atom. The number of hydrogen-bond donors (Lipinski definition) is 2. The molecule has 21 heavy (non-hydrogen) atoms. The molecule has 1 heterocycles. The Labute approximate surface area is 150 Å². The van der Waals surface area contributed by atoms with Crippen molar-refractivity contribution in [1.29, 1.82) is 0 Å². The second-order valence-electron chi connectivity index (χ2n) is 4.84. The van der Waals surface area contributed by atoms with Crippen molar-refractivity contribution >= 4 is 41.7 Å². The number of aliphatic imine (C=N–C) groups is 1. The summed E-state index contributed by atoms with van der Waals surface area (Å²) in [7, 11) is 0. The molecule has 0 radical (unpaired) electrons. The van der Waals surface area contributed by atoms with Crippen molar-refractivity contribution < 1.29 is 9.47 Å². The summed E-state index contributed by atoms with van der Waals surface area (Å²) in [6.07, 6.45) is 4.22. The largest absolute Gasteiger partial charge is 0.381 e. The molecule has 1 unspecified atom stereocenters. The number of halogens is 1. The summed E-state index contributed by atoms with van der Waals surface area (Å²) in [5, 5.41) is 6.57. The van der Waals surface area contributed by atoms with Crippen LogP contribution in [-0.2, 0) is 9.47 Å². The van der Waals surface area contributed by atoms with Gasteiger partial charge in [0, 0.05) is 44.5 Å². The van der Waals surface area contributed by atoms with Gasteiger partial charge in [-0.2, -0.15) is 11.8 Å². The molecule has 0 aromatic heterocycles. The van der Waals surface area contributed by atoms with E-state index in [0.29, 0.717) is 5.92 Å². The van der Waals surface area contributed by atoms with Crippen LogP contribution in [0.2, 0.25) is 0 Å². The fraction of sp³-hybridized carbons (Fsp3) is 0.929. The first-order valence-electron chi connectivity index (χ1n) is 7.53. The van der Waals surface area contributed by atoms with E-state index in [1.165, 1.54) is 0 Å². The lowest BCUT2D eigenvalue weighted by Gasteiger charge is -2.11. The van der Waals surface area contributed by atoms with E-state index in [4.69, 9.17) is 9.47 Å². The highest BCUT2D eigenvalue weighted by Gasteiger charge is 2.14. The van der Waals surface area contributed by atoms with Crippen molar-refractivity contribution in [3.05, 3.63) is 0 Å². The lowest BCUT2D eigenvalue weighted by molar-refractivity contribution is 0.0893. The minimum absolute atomic E-state index is 0. The monoisotopic (exact) mass is 431 g/mol. The molecule has 1 fully saturated rings. The van der Waals surface area contributed by atoms with Crippen molar-refractivity contribution in [2.45, 2.75) is 19.8 Å². The molecule has 0 bridgehead atoms. The highest BCUT2D eigenvalue weighted by molar-refractivity contribution is 14.0. The molecule has 2 N–H and O–H groups in total. The van der Waals surface area contributed by atoms with Gasteiger partial charge in [0.05, 0.1) is 13.2 Å². The van der Waals surface area contributed by atoms with Crippen LogP contribution in [0.4, 0.5) is 0 Å². The van der Waals surface area contributed by atoms with Crippen LogP contribution >= 0.6 is 35.7 Å². The van der Waals surface area contributed by atoms with Gasteiger partial charge in [0.2, 0.25) is 0 Å². The van der Waals surface area contributed by atoms with Crippen LogP contribution in [0.1, 0.15) is 19.8 Å². The number of thioether (sulfide) groups is 1. The Morgan fingerprint density at radius 2 is 2.29 bits per heavy atom. The van der Waals surface area contributed by atoms with E-state index in [1.54, 1.807) is 0 Å². The molecule has 1 aliphatic heterocycles. The minimum Gasteiger partial charge on any atom is -0.381 e. The van der Waals surface area contributed by atoms with Gasteiger partial charge in [0.25, 0.3) is 0 Å². The summed E-state index contributed by atoms with van der Waals surface area (Å²) in [6, 6.07) is 0. The first-order chi connectivity index (χ1) is 9.86. The third-order valence-electron chi connectivity index (χ3n) is 3.04. The second kappa shape index (κ2) is 15.2. The van der Waals surface area contributed by atoms with Crippen LogP contribution in [0.3, 0.4) is 0 Å². The van der Waals surface area contributed by atoms with E-state index in [-0.39, 0.29) is 24.0 Å². The van der Waals surface area contributed by atoms with E-state index >= 15 is 0 Å². The van der Waals surface area contributed by atoms with Crippen molar-refractivity contribution in [1.82, 2.24) is 10.6 Å². The molecule has 1 atom stereocenters. The van der Waals surface area contributed by atoms with Gasteiger partial charge in [-0.25, -0.2) is 0 Å². The molecule has 0 saturated carbocycles. The van der Waals surface area contributed by atoms with Gasteiger partial charge >= 0.3 is 0 Å². The molecular formula is C14H30IN3O2S. The number of nitrogens with one attached hydrogen (secondary N) is 2. The van der Waals surface area contributed by atoms with Gasteiger partial charge in [0.1, 0.15) is 0 Å². The van der Waals surface area contributed by atoms with Crippen molar-refractivity contribution in [2.24, 2.45) is 10.9 Å². The molecule has 0 aromatic rings. The SMILES string of the molecule is CCNC(=NCCCOCC1CCOC1)NCCSC.I. The fourth-order valence-electron chi connectivity index (χ4n) is 1.94. The van der Waals surface area contributed by atoms with Crippen LogP contribution in [0.5, 0.6) is 0 Å². The summed E-state index contributed by atoms with van der Waals surface area (Å²) < 4.78 is 11.0. The number of hydrogen-bond acceptors (Lipinski definition) is 4. The Hall–Kier alpha value is 0.270. The fourth-order valence-corrected chi connectivity index (χ4v) is 2.24. The van der Waals surface area contributed by atoms with Crippen LogP contribution in [0.25, 0.3) is 0 Å². The standard InChI is InChI=1S/C14H29N3O2S.HI/c1-3-15-14(17-7-10-20-2)16-6-4-8-18-11-13-5-9-19-12-13;/h13H,3-12H2,1-2H3,(H2,15,16,17);1H. The second-order valence-corrected chi connectivity index (χ2v) is 5.82. The van der Waals surface area contributed by atoms with E-state index in [0.717, 1.165) is 70.6 Å². The third-order valence-corrected chi connectivity index (χ3v) is 3.65. The maximum atomic E-state index is 5.66. The predicted octanol–water partition coefficient (Wildman–Crippen LogP) is 1.97. The Morgan fingerprint density at radius 3 is 2.95 bits per heavy atom. The van der Waals surface area contributed by atoms with Crippen LogP contribution in [0.15, 0.2) is 4.99 Å². The molecule has 0 amide bonds. The summed E-state index contributed by atoms with van der Waals surface area (Å²) in [5.74, 6) is 2.60. The Kier molecular flexibility index (Phi) is 15.4. The zero-order valence-electron chi connectivity index (χ0n) is 13.2. The van der Waals surface area contributed by atoms with E-state index in [1.807, 2.05) is 11.8 Å². The first-order valence-corrected chi connectivity index (χ1v) is 8.92. The number of ether oxygens (including phenoxy) is 2. The molecule has 7 heteroatoms. The van der Waals surface area contributed by atoms with E-state index in [9.17, 15) is 0 Å². The topological polar surface area (TPSA) is 54.9 Å². The smallest absolute Gasteiger partial charge is 0.191 e. The molecular weight excluding hydrogens is 401 g/mol. The predicted molar refractivity (Wildman–Crippen MR) is 102 cm³/mol. The quantitative estimate of drug-likeness (QED) is 0.240. The summed E-state index contributed by atoms with van der Waals surface area (Å²) in [6.45, 7) is 8.09. The van der Waals surface area contributed by atoms with Crippen molar-refractivity contribution in [2.75, 3.05) is 58.1 Å². The molecule has 1 aliphatic rings. The van der Waals surface area contributed by atoms with Gasteiger partial charge in [0.15, 0.2) is 5.96 Å². The summed E-state index contributed by atoms with van der Waals surface area (Å²) in [5.41, 5.74) is 0. The zero-order chi connectivity index (χ0) is 14.5. The Balaban J connectivity index is 0.00000400. The van der Waals surface area contributed by atoms with E-state index in [2.05, 4.69) is 28.8 Å². The van der Waals surface area contributed by atoms with Gasteiger partial charge in [-0.15, -0.1) is 24.0 Å². The normalized spacial score (nSPS) is 18.4. The third kappa shape index (κ3) is 11.5. The average molecular weight is 431 g/mol. The molecule has 5 nitrogen and oxygen atoms in total. The maximum Gasteiger partial charge on any atom is 0.191 e. The number of rotatable bonds is 10.